The van der Waals surface area contributed by atoms with Crippen molar-refractivity contribution in [3.63, 3.8) is 0 Å². The Hall–Kier alpha value is -1.69. The van der Waals surface area contributed by atoms with E-state index in [2.05, 4.69) is 0 Å². The van der Waals surface area contributed by atoms with E-state index in [0.717, 1.165) is 11.6 Å². The van der Waals surface area contributed by atoms with Crippen LogP contribution in [0.5, 0.6) is 5.75 Å². The van der Waals surface area contributed by atoms with E-state index < -0.39 is 11.7 Å². The molecule has 0 aliphatic rings. The first-order valence-electron chi connectivity index (χ1n) is 5.07. The van der Waals surface area contributed by atoms with E-state index in [1.165, 1.54) is 23.5 Å². The molecular weight excluding hydrogens is 263 g/mol. The van der Waals surface area contributed by atoms with Crippen LogP contribution in [-0.4, -0.2) is 0 Å². The van der Waals surface area contributed by atoms with Gasteiger partial charge in [0.1, 0.15) is 12.4 Å². The Morgan fingerprint density at radius 1 is 1.22 bits per heavy atom. The number of ether oxygens (including phenoxy) is 1. The van der Waals surface area contributed by atoms with Crippen molar-refractivity contribution in [2.45, 2.75) is 12.8 Å². The number of hydrogen-bond donors (Lipinski definition) is 1. The summed E-state index contributed by atoms with van der Waals surface area (Å²) in [7, 11) is 0. The fourth-order valence-electron chi connectivity index (χ4n) is 1.43. The summed E-state index contributed by atoms with van der Waals surface area (Å²) in [5.41, 5.74) is 5.41. The highest BCUT2D eigenvalue weighted by Crippen LogP contribution is 2.37. The van der Waals surface area contributed by atoms with Crippen LogP contribution in [0.15, 0.2) is 35.0 Å². The van der Waals surface area contributed by atoms with Gasteiger partial charge in [0.25, 0.3) is 0 Å². The monoisotopic (exact) mass is 273 g/mol. The average Bonchev–Trinajstić information content (AvgIpc) is 2.79. The highest BCUT2D eigenvalue weighted by Gasteiger charge is 2.34. The van der Waals surface area contributed by atoms with Crippen molar-refractivity contribution in [2.75, 3.05) is 5.73 Å². The van der Waals surface area contributed by atoms with E-state index in [1.54, 1.807) is 6.07 Å². The smallest absolute Gasteiger partial charge is 0.420 e. The van der Waals surface area contributed by atoms with Crippen LogP contribution in [0, 0.1) is 0 Å². The van der Waals surface area contributed by atoms with Crippen molar-refractivity contribution in [2.24, 2.45) is 0 Å². The third kappa shape index (κ3) is 2.95. The maximum absolute atomic E-state index is 12.8. The summed E-state index contributed by atoms with van der Waals surface area (Å²) in [5, 5.41) is 3.66. The highest BCUT2D eigenvalue weighted by atomic mass is 32.1. The number of alkyl halides is 3. The third-order valence-electron chi connectivity index (χ3n) is 2.28. The lowest BCUT2D eigenvalue weighted by Crippen LogP contribution is -2.09. The van der Waals surface area contributed by atoms with E-state index in [9.17, 15) is 13.2 Å². The Morgan fingerprint density at radius 2 is 2.00 bits per heavy atom. The summed E-state index contributed by atoms with van der Waals surface area (Å²) in [6.45, 7) is 0.108. The Balaban J connectivity index is 2.22. The normalized spacial score (nSPS) is 11.5. The van der Waals surface area contributed by atoms with Crippen molar-refractivity contribution in [1.82, 2.24) is 0 Å². The molecule has 1 aromatic heterocycles. The van der Waals surface area contributed by atoms with Crippen molar-refractivity contribution in [3.05, 3.63) is 46.2 Å². The lowest BCUT2D eigenvalue weighted by atomic mass is 10.1. The Labute approximate surface area is 106 Å². The SMILES string of the molecule is Nc1ccc(OCc2ccsc2)c(C(F)(F)F)c1. The summed E-state index contributed by atoms with van der Waals surface area (Å²) in [6.07, 6.45) is -4.47. The Morgan fingerprint density at radius 3 is 2.61 bits per heavy atom. The standard InChI is InChI=1S/C12H10F3NOS/c13-12(14,15)10-5-9(16)1-2-11(10)17-6-8-3-4-18-7-8/h1-5,7H,6,16H2. The largest absolute Gasteiger partial charge is 0.488 e. The summed E-state index contributed by atoms with van der Waals surface area (Å²) >= 11 is 1.46. The van der Waals surface area contributed by atoms with E-state index in [4.69, 9.17) is 10.5 Å². The molecule has 0 bridgehead atoms. The minimum Gasteiger partial charge on any atom is -0.488 e. The second-order valence-electron chi connectivity index (χ2n) is 3.67. The van der Waals surface area contributed by atoms with Gasteiger partial charge in [-0.05, 0) is 40.6 Å². The van der Waals surface area contributed by atoms with Crippen LogP contribution < -0.4 is 10.5 Å². The molecule has 0 spiro atoms. The molecule has 0 radical (unpaired) electrons. The van der Waals surface area contributed by atoms with Gasteiger partial charge in [0.05, 0.1) is 5.56 Å². The van der Waals surface area contributed by atoms with Gasteiger partial charge in [-0.25, -0.2) is 0 Å². The first-order chi connectivity index (χ1) is 8.47. The summed E-state index contributed by atoms with van der Waals surface area (Å²) < 4.78 is 43.5. The number of hydrogen-bond acceptors (Lipinski definition) is 3. The lowest BCUT2D eigenvalue weighted by Gasteiger charge is -2.14. The molecule has 2 rings (SSSR count). The van der Waals surface area contributed by atoms with Crippen LogP contribution in [0.3, 0.4) is 0 Å². The number of rotatable bonds is 3. The molecule has 0 aliphatic carbocycles. The van der Waals surface area contributed by atoms with Crippen LogP contribution in [0.1, 0.15) is 11.1 Å². The summed E-state index contributed by atoms with van der Waals surface area (Å²) in [4.78, 5) is 0. The predicted octanol–water partition coefficient (Wildman–Crippen LogP) is 3.93. The average molecular weight is 273 g/mol. The molecule has 0 fully saturated rings. The Bertz CT molecular complexity index is 523. The first-order valence-corrected chi connectivity index (χ1v) is 6.01. The zero-order chi connectivity index (χ0) is 13.2. The van der Waals surface area contributed by atoms with Gasteiger partial charge in [0.2, 0.25) is 0 Å². The van der Waals surface area contributed by atoms with Crippen LogP contribution in [0.25, 0.3) is 0 Å². The van der Waals surface area contributed by atoms with Gasteiger partial charge in [0.15, 0.2) is 0 Å². The molecule has 0 amide bonds. The van der Waals surface area contributed by atoms with Crippen LogP contribution in [-0.2, 0) is 12.8 Å². The van der Waals surface area contributed by atoms with Crippen LogP contribution in [0.2, 0.25) is 0 Å². The minimum absolute atomic E-state index is 0.0604. The second kappa shape index (κ2) is 4.89. The zero-order valence-corrected chi connectivity index (χ0v) is 10.0. The highest BCUT2D eigenvalue weighted by molar-refractivity contribution is 7.07. The molecule has 2 N–H and O–H groups in total. The molecule has 1 aromatic carbocycles. The van der Waals surface area contributed by atoms with E-state index in [-0.39, 0.29) is 18.0 Å². The van der Waals surface area contributed by atoms with E-state index >= 15 is 0 Å². The van der Waals surface area contributed by atoms with Gasteiger partial charge in [-0.3, -0.25) is 0 Å². The van der Waals surface area contributed by atoms with Gasteiger partial charge in [0, 0.05) is 5.69 Å². The lowest BCUT2D eigenvalue weighted by molar-refractivity contribution is -0.139. The first kappa shape index (κ1) is 12.8. The molecule has 0 aliphatic heterocycles. The van der Waals surface area contributed by atoms with Gasteiger partial charge >= 0.3 is 6.18 Å². The number of thiophene rings is 1. The van der Waals surface area contributed by atoms with Crippen molar-refractivity contribution in [1.29, 1.82) is 0 Å². The van der Waals surface area contributed by atoms with Crippen molar-refractivity contribution in [3.8, 4) is 5.75 Å². The molecule has 0 atom stereocenters. The molecule has 1 heterocycles. The molecule has 6 heteroatoms. The maximum Gasteiger partial charge on any atom is 0.420 e. The van der Waals surface area contributed by atoms with Crippen molar-refractivity contribution >= 4 is 17.0 Å². The molecule has 2 nitrogen and oxygen atoms in total. The van der Waals surface area contributed by atoms with Crippen LogP contribution >= 0.6 is 11.3 Å². The van der Waals surface area contributed by atoms with Gasteiger partial charge in [-0.15, -0.1) is 0 Å². The Kier molecular flexibility index (Phi) is 3.47. The van der Waals surface area contributed by atoms with E-state index in [0.29, 0.717) is 0 Å². The number of anilines is 1. The molecular formula is C12H10F3NOS. The van der Waals surface area contributed by atoms with Gasteiger partial charge < -0.3 is 10.5 Å². The van der Waals surface area contributed by atoms with Gasteiger partial charge in [-0.1, -0.05) is 0 Å². The summed E-state index contributed by atoms with van der Waals surface area (Å²) in [6, 6.07) is 5.31. The van der Waals surface area contributed by atoms with Crippen LogP contribution in [0.4, 0.5) is 18.9 Å². The van der Waals surface area contributed by atoms with E-state index in [1.807, 2.05) is 10.8 Å². The minimum atomic E-state index is -4.47. The zero-order valence-electron chi connectivity index (χ0n) is 9.20. The quantitative estimate of drug-likeness (QED) is 0.860. The number of benzene rings is 1. The second-order valence-corrected chi connectivity index (χ2v) is 4.45. The van der Waals surface area contributed by atoms with Crippen molar-refractivity contribution < 1.29 is 17.9 Å². The maximum atomic E-state index is 12.8. The van der Waals surface area contributed by atoms with Gasteiger partial charge in [-0.2, -0.15) is 24.5 Å². The molecule has 96 valence electrons. The number of halogens is 3. The number of nitrogens with two attached hydrogens (primary N) is 1. The fourth-order valence-corrected chi connectivity index (χ4v) is 2.08. The molecule has 0 saturated heterocycles. The third-order valence-corrected chi connectivity index (χ3v) is 3.02. The molecule has 0 unspecified atom stereocenters. The number of nitrogen functional groups attached to an aromatic ring is 1. The molecule has 2 aromatic rings. The molecule has 18 heavy (non-hydrogen) atoms. The molecule has 0 saturated carbocycles. The topological polar surface area (TPSA) is 35.2 Å². The summed E-state index contributed by atoms with van der Waals surface area (Å²) in [5.74, 6) is -0.206. The fraction of sp³-hybridized carbons (Fsp3) is 0.167. The predicted molar refractivity (Wildman–Crippen MR) is 64.5 cm³/mol.